The molecule has 0 aliphatic carbocycles. The molecule has 0 bridgehead atoms. The molecule has 1 heterocycles. The summed E-state index contributed by atoms with van der Waals surface area (Å²) in [6.45, 7) is 2.37. The van der Waals surface area contributed by atoms with Crippen LogP contribution in [-0.4, -0.2) is 25.5 Å². The van der Waals surface area contributed by atoms with E-state index in [4.69, 9.17) is 11.6 Å². The number of carbonyl (C=O) groups excluding carboxylic acids is 1. The van der Waals surface area contributed by atoms with Gasteiger partial charge in [-0.15, -0.1) is 0 Å². The second-order valence-corrected chi connectivity index (χ2v) is 4.83. The Balaban J connectivity index is 1.87. The highest BCUT2D eigenvalue weighted by atomic mass is 35.5. The van der Waals surface area contributed by atoms with E-state index in [-0.39, 0.29) is 10.6 Å². The van der Waals surface area contributed by atoms with Crippen molar-refractivity contribution in [3.05, 3.63) is 46.3 Å². The van der Waals surface area contributed by atoms with Crippen molar-refractivity contribution in [2.24, 2.45) is 0 Å². The molecule has 0 spiro atoms. The average molecular weight is 283 g/mol. The summed E-state index contributed by atoms with van der Waals surface area (Å²) in [7, 11) is 0. The van der Waals surface area contributed by atoms with Crippen molar-refractivity contribution in [2.45, 2.75) is 12.8 Å². The quantitative estimate of drug-likeness (QED) is 0.833. The van der Waals surface area contributed by atoms with Crippen LogP contribution in [-0.2, 0) is 0 Å². The molecule has 0 radical (unpaired) electrons. The fourth-order valence-electron chi connectivity index (χ4n) is 2.01. The number of benzene rings is 1. The fraction of sp³-hybridized carbons (Fsp3) is 0.357. The Hall–Kier alpha value is -1.39. The summed E-state index contributed by atoms with van der Waals surface area (Å²) in [5.41, 5.74) is 1.32. The van der Waals surface area contributed by atoms with Gasteiger partial charge in [-0.3, -0.25) is 4.79 Å². The summed E-state index contributed by atoms with van der Waals surface area (Å²) in [6, 6.07) is 4.42. The molecule has 102 valence electrons. The lowest BCUT2D eigenvalue weighted by Gasteiger charge is -2.14. The number of hydrogen-bond acceptors (Lipinski definition) is 2. The lowest BCUT2D eigenvalue weighted by Crippen LogP contribution is -2.27. The Morgan fingerprint density at radius 2 is 2.32 bits per heavy atom. The van der Waals surface area contributed by atoms with Gasteiger partial charge < -0.3 is 10.6 Å². The maximum Gasteiger partial charge on any atom is 0.254 e. The first kappa shape index (κ1) is 14.0. The summed E-state index contributed by atoms with van der Waals surface area (Å²) in [4.78, 5) is 11.8. The first-order valence-electron chi connectivity index (χ1n) is 6.29. The van der Waals surface area contributed by atoms with Crippen molar-refractivity contribution in [3.8, 4) is 0 Å². The van der Waals surface area contributed by atoms with E-state index < -0.39 is 11.7 Å². The van der Waals surface area contributed by atoms with Crippen LogP contribution in [0.25, 0.3) is 0 Å². The number of halogens is 2. The lowest BCUT2D eigenvalue weighted by molar-refractivity contribution is 0.0950. The Labute approximate surface area is 116 Å². The first-order valence-corrected chi connectivity index (χ1v) is 6.67. The molecule has 1 aromatic carbocycles. The smallest absolute Gasteiger partial charge is 0.254 e. The van der Waals surface area contributed by atoms with Gasteiger partial charge in [0.05, 0.1) is 10.6 Å². The van der Waals surface area contributed by atoms with E-state index in [2.05, 4.69) is 16.7 Å². The zero-order chi connectivity index (χ0) is 13.7. The summed E-state index contributed by atoms with van der Waals surface area (Å²) < 4.78 is 13.6. The van der Waals surface area contributed by atoms with Crippen molar-refractivity contribution in [3.63, 3.8) is 0 Å². The third-order valence-corrected chi connectivity index (χ3v) is 3.38. The highest BCUT2D eigenvalue weighted by molar-refractivity contribution is 6.31. The highest BCUT2D eigenvalue weighted by Crippen LogP contribution is 2.17. The van der Waals surface area contributed by atoms with E-state index in [0.717, 1.165) is 25.9 Å². The number of nitrogens with one attached hydrogen (secondary N) is 2. The molecule has 0 saturated carbocycles. The highest BCUT2D eigenvalue weighted by Gasteiger charge is 2.13. The largest absolute Gasteiger partial charge is 0.352 e. The molecular formula is C14H16ClFN2O. The Morgan fingerprint density at radius 1 is 1.47 bits per heavy atom. The SMILES string of the molecule is O=C(NCCC1=CCNCC1)c1cccc(Cl)c1F. The standard InChI is InChI=1S/C14H16ClFN2O/c15-12-3-1-2-11(13(12)16)14(19)18-9-6-10-4-7-17-8-5-10/h1-4,17H,5-9H2,(H,18,19). The van der Waals surface area contributed by atoms with Crippen LogP contribution in [0, 0.1) is 5.82 Å². The topological polar surface area (TPSA) is 41.1 Å². The van der Waals surface area contributed by atoms with Crippen LogP contribution in [0.4, 0.5) is 4.39 Å². The van der Waals surface area contributed by atoms with Crippen molar-refractivity contribution in [2.75, 3.05) is 19.6 Å². The van der Waals surface area contributed by atoms with E-state index in [0.29, 0.717) is 6.54 Å². The molecule has 0 saturated heterocycles. The van der Waals surface area contributed by atoms with Gasteiger partial charge in [-0.25, -0.2) is 4.39 Å². The molecule has 2 N–H and O–H groups in total. The van der Waals surface area contributed by atoms with Gasteiger partial charge in [0.15, 0.2) is 5.82 Å². The van der Waals surface area contributed by atoms with Crippen molar-refractivity contribution >= 4 is 17.5 Å². The predicted octanol–water partition coefficient (Wildman–Crippen LogP) is 2.52. The normalized spacial score (nSPS) is 14.9. The van der Waals surface area contributed by atoms with Crippen LogP contribution in [0.2, 0.25) is 5.02 Å². The van der Waals surface area contributed by atoms with Gasteiger partial charge in [-0.05, 0) is 31.5 Å². The molecule has 19 heavy (non-hydrogen) atoms. The third-order valence-electron chi connectivity index (χ3n) is 3.09. The summed E-state index contributed by atoms with van der Waals surface area (Å²) in [6.07, 6.45) is 3.94. The molecule has 3 nitrogen and oxygen atoms in total. The zero-order valence-electron chi connectivity index (χ0n) is 10.5. The van der Waals surface area contributed by atoms with Gasteiger partial charge in [0, 0.05) is 13.1 Å². The van der Waals surface area contributed by atoms with Crippen LogP contribution >= 0.6 is 11.6 Å². The summed E-state index contributed by atoms with van der Waals surface area (Å²) >= 11 is 5.64. The molecule has 1 aliphatic rings. The second-order valence-electron chi connectivity index (χ2n) is 4.42. The minimum atomic E-state index is -0.664. The van der Waals surface area contributed by atoms with Crippen molar-refractivity contribution in [1.82, 2.24) is 10.6 Å². The van der Waals surface area contributed by atoms with Crippen LogP contribution in [0.1, 0.15) is 23.2 Å². The van der Waals surface area contributed by atoms with Gasteiger partial charge in [-0.2, -0.15) is 0 Å². The van der Waals surface area contributed by atoms with Gasteiger partial charge >= 0.3 is 0 Å². The number of hydrogen-bond donors (Lipinski definition) is 2. The lowest BCUT2D eigenvalue weighted by atomic mass is 10.1. The van der Waals surface area contributed by atoms with E-state index in [1.807, 2.05) is 0 Å². The monoisotopic (exact) mass is 282 g/mol. The summed E-state index contributed by atoms with van der Waals surface area (Å²) in [5, 5.41) is 5.91. The molecule has 0 fully saturated rings. The van der Waals surface area contributed by atoms with Crippen LogP contribution < -0.4 is 10.6 Å². The summed E-state index contributed by atoms with van der Waals surface area (Å²) in [5.74, 6) is -1.09. The molecule has 1 aliphatic heterocycles. The molecule has 2 rings (SSSR count). The molecule has 1 aromatic rings. The van der Waals surface area contributed by atoms with Gasteiger partial charge in [-0.1, -0.05) is 29.3 Å². The Kier molecular flexibility index (Phi) is 4.93. The molecule has 0 unspecified atom stereocenters. The third kappa shape index (κ3) is 3.78. The zero-order valence-corrected chi connectivity index (χ0v) is 11.3. The van der Waals surface area contributed by atoms with E-state index in [1.54, 1.807) is 6.07 Å². The van der Waals surface area contributed by atoms with E-state index >= 15 is 0 Å². The van der Waals surface area contributed by atoms with Crippen LogP contribution in [0.3, 0.4) is 0 Å². The van der Waals surface area contributed by atoms with Crippen molar-refractivity contribution in [1.29, 1.82) is 0 Å². The maximum atomic E-state index is 13.6. The minimum absolute atomic E-state index is 0.00760. The average Bonchev–Trinajstić information content (AvgIpc) is 2.43. The van der Waals surface area contributed by atoms with E-state index in [1.165, 1.54) is 17.7 Å². The number of carbonyl (C=O) groups is 1. The molecular weight excluding hydrogens is 267 g/mol. The molecule has 0 atom stereocenters. The molecule has 0 aromatic heterocycles. The first-order chi connectivity index (χ1) is 9.18. The predicted molar refractivity (Wildman–Crippen MR) is 73.9 cm³/mol. The minimum Gasteiger partial charge on any atom is -0.352 e. The maximum absolute atomic E-state index is 13.6. The van der Waals surface area contributed by atoms with Gasteiger partial charge in [0.25, 0.3) is 5.91 Å². The Morgan fingerprint density at radius 3 is 3.05 bits per heavy atom. The van der Waals surface area contributed by atoms with Gasteiger partial charge in [0.1, 0.15) is 0 Å². The second kappa shape index (κ2) is 6.68. The molecule has 1 amide bonds. The van der Waals surface area contributed by atoms with Crippen LogP contribution in [0.15, 0.2) is 29.8 Å². The fourth-order valence-corrected chi connectivity index (χ4v) is 2.18. The van der Waals surface area contributed by atoms with Crippen LogP contribution in [0.5, 0.6) is 0 Å². The number of rotatable bonds is 4. The molecule has 5 heteroatoms. The number of amides is 1. The Bertz CT molecular complexity index is 502. The van der Waals surface area contributed by atoms with Crippen molar-refractivity contribution < 1.29 is 9.18 Å². The van der Waals surface area contributed by atoms with E-state index in [9.17, 15) is 9.18 Å². The van der Waals surface area contributed by atoms with Gasteiger partial charge in [0.2, 0.25) is 0 Å².